The summed E-state index contributed by atoms with van der Waals surface area (Å²) in [6.45, 7) is 5.01. The third kappa shape index (κ3) is 4.76. The molecule has 1 aliphatic heterocycles. The minimum absolute atomic E-state index is 0.0118. The Morgan fingerprint density at radius 1 is 1.29 bits per heavy atom. The fourth-order valence-electron chi connectivity index (χ4n) is 3.38. The van der Waals surface area contributed by atoms with Gasteiger partial charge < -0.3 is 10.2 Å². The Bertz CT molecular complexity index is 844. The van der Waals surface area contributed by atoms with Crippen LogP contribution in [-0.4, -0.2) is 40.8 Å². The molecule has 2 heterocycles. The molecule has 1 N–H and O–H groups in total. The van der Waals surface area contributed by atoms with E-state index in [1.54, 1.807) is 17.0 Å². The van der Waals surface area contributed by atoms with Crippen molar-refractivity contribution < 1.29 is 14.0 Å². The molecule has 2 amide bonds. The monoisotopic (exact) mass is 403 g/mol. The fraction of sp³-hybridized carbons (Fsp3) is 0.476. The second kappa shape index (κ2) is 9.28. The van der Waals surface area contributed by atoms with Crippen LogP contribution in [0, 0.1) is 12.7 Å². The van der Waals surface area contributed by atoms with E-state index in [0.717, 1.165) is 30.0 Å². The van der Waals surface area contributed by atoms with Crippen LogP contribution in [0.4, 0.5) is 4.39 Å². The van der Waals surface area contributed by atoms with Gasteiger partial charge in [-0.3, -0.25) is 9.59 Å². The third-order valence-corrected chi connectivity index (χ3v) is 6.23. The van der Waals surface area contributed by atoms with Gasteiger partial charge >= 0.3 is 0 Å². The Labute approximate surface area is 169 Å². The summed E-state index contributed by atoms with van der Waals surface area (Å²) in [5.74, 6) is -0.874. The standard InChI is InChI=1S/C21H26FN3O2S/c1-3-4-9-18-23-14(2)19(28-18)20(26)24-15-10-12-25(13-11-15)21(27)16-7-5-6-8-17(16)22/h5-8,15H,3-4,9-13H2,1-2H3,(H,24,26). The summed E-state index contributed by atoms with van der Waals surface area (Å²) in [6.07, 6.45) is 4.40. The number of carbonyl (C=O) groups is 2. The molecule has 1 fully saturated rings. The van der Waals surface area contributed by atoms with Gasteiger partial charge in [-0.1, -0.05) is 25.5 Å². The molecule has 3 rings (SSSR count). The molecule has 0 unspecified atom stereocenters. The molecule has 28 heavy (non-hydrogen) atoms. The Hall–Kier alpha value is -2.28. The van der Waals surface area contributed by atoms with E-state index in [1.165, 1.54) is 23.5 Å². The van der Waals surface area contributed by atoms with E-state index in [4.69, 9.17) is 0 Å². The molecule has 0 spiro atoms. The van der Waals surface area contributed by atoms with Crippen molar-refractivity contribution in [3.05, 3.63) is 51.2 Å². The molecule has 1 aromatic carbocycles. The minimum Gasteiger partial charge on any atom is -0.348 e. The number of rotatable bonds is 6. The van der Waals surface area contributed by atoms with E-state index < -0.39 is 5.82 Å². The largest absolute Gasteiger partial charge is 0.348 e. The molecule has 150 valence electrons. The van der Waals surface area contributed by atoms with Crippen LogP contribution in [0.1, 0.15) is 63.3 Å². The number of benzene rings is 1. The first-order chi connectivity index (χ1) is 13.5. The summed E-state index contributed by atoms with van der Waals surface area (Å²) in [5.41, 5.74) is 0.880. The van der Waals surface area contributed by atoms with E-state index in [0.29, 0.717) is 30.8 Å². The van der Waals surface area contributed by atoms with Crippen molar-refractivity contribution in [1.82, 2.24) is 15.2 Å². The van der Waals surface area contributed by atoms with Crippen LogP contribution in [0.5, 0.6) is 0 Å². The molecule has 0 aliphatic carbocycles. The highest BCUT2D eigenvalue weighted by molar-refractivity contribution is 7.13. The lowest BCUT2D eigenvalue weighted by atomic mass is 10.0. The summed E-state index contributed by atoms with van der Waals surface area (Å²) < 4.78 is 13.8. The average Bonchev–Trinajstić information content (AvgIpc) is 3.07. The smallest absolute Gasteiger partial charge is 0.263 e. The van der Waals surface area contributed by atoms with Gasteiger partial charge in [0.15, 0.2) is 0 Å². The number of amides is 2. The zero-order chi connectivity index (χ0) is 20.1. The topological polar surface area (TPSA) is 62.3 Å². The number of hydrogen-bond acceptors (Lipinski definition) is 4. The van der Waals surface area contributed by atoms with Crippen molar-refractivity contribution in [2.75, 3.05) is 13.1 Å². The van der Waals surface area contributed by atoms with Crippen LogP contribution in [0.3, 0.4) is 0 Å². The number of unbranched alkanes of at least 4 members (excludes halogenated alkanes) is 1. The molecule has 2 aromatic rings. The lowest BCUT2D eigenvalue weighted by Gasteiger charge is -2.32. The summed E-state index contributed by atoms with van der Waals surface area (Å²) in [4.78, 5) is 32.0. The number of piperidine rings is 1. The van der Waals surface area contributed by atoms with E-state index in [1.807, 2.05) is 6.92 Å². The molecular weight excluding hydrogens is 377 g/mol. The van der Waals surface area contributed by atoms with Crippen molar-refractivity contribution in [2.24, 2.45) is 0 Å². The number of aryl methyl sites for hydroxylation is 2. The summed E-state index contributed by atoms with van der Waals surface area (Å²) in [6, 6.07) is 6.05. The molecule has 0 bridgehead atoms. The first kappa shape index (κ1) is 20.5. The van der Waals surface area contributed by atoms with Gasteiger partial charge in [0.1, 0.15) is 10.7 Å². The fourth-order valence-corrected chi connectivity index (χ4v) is 4.39. The second-order valence-electron chi connectivity index (χ2n) is 7.15. The molecule has 0 atom stereocenters. The highest BCUT2D eigenvalue weighted by atomic mass is 32.1. The highest BCUT2D eigenvalue weighted by Crippen LogP contribution is 2.21. The number of hydrogen-bond donors (Lipinski definition) is 1. The normalized spacial score (nSPS) is 14.9. The van der Waals surface area contributed by atoms with Crippen LogP contribution in [-0.2, 0) is 6.42 Å². The van der Waals surface area contributed by atoms with Gasteiger partial charge in [-0.25, -0.2) is 9.37 Å². The van der Waals surface area contributed by atoms with Crippen LogP contribution >= 0.6 is 11.3 Å². The quantitative estimate of drug-likeness (QED) is 0.794. The Morgan fingerprint density at radius 3 is 2.68 bits per heavy atom. The Kier molecular flexibility index (Phi) is 6.78. The number of nitrogens with zero attached hydrogens (tertiary/aromatic N) is 2. The summed E-state index contributed by atoms with van der Waals surface area (Å²) >= 11 is 1.47. The van der Waals surface area contributed by atoms with Crippen molar-refractivity contribution in [1.29, 1.82) is 0 Å². The van der Waals surface area contributed by atoms with Gasteiger partial charge in [-0.05, 0) is 44.7 Å². The number of carbonyl (C=O) groups excluding carboxylic acids is 2. The predicted octanol–water partition coefficient (Wildman–Crippen LogP) is 3.97. The number of likely N-dealkylation sites (tertiary alicyclic amines) is 1. The zero-order valence-corrected chi connectivity index (χ0v) is 17.2. The third-order valence-electron chi connectivity index (χ3n) is 5.01. The van der Waals surface area contributed by atoms with E-state index in [-0.39, 0.29) is 23.4 Å². The van der Waals surface area contributed by atoms with Gasteiger partial charge in [-0.2, -0.15) is 0 Å². The summed E-state index contributed by atoms with van der Waals surface area (Å²) in [7, 11) is 0. The van der Waals surface area contributed by atoms with Crippen molar-refractivity contribution in [3.63, 3.8) is 0 Å². The number of nitrogens with one attached hydrogen (secondary N) is 1. The number of aromatic nitrogens is 1. The Morgan fingerprint density at radius 2 is 2.00 bits per heavy atom. The van der Waals surface area contributed by atoms with E-state index in [2.05, 4.69) is 17.2 Å². The maximum absolute atomic E-state index is 13.8. The van der Waals surface area contributed by atoms with Gasteiger partial charge in [-0.15, -0.1) is 11.3 Å². The maximum Gasteiger partial charge on any atom is 0.263 e. The van der Waals surface area contributed by atoms with Crippen LogP contribution in [0.25, 0.3) is 0 Å². The maximum atomic E-state index is 13.8. The van der Waals surface area contributed by atoms with E-state index >= 15 is 0 Å². The highest BCUT2D eigenvalue weighted by Gasteiger charge is 2.27. The average molecular weight is 404 g/mol. The molecule has 1 aliphatic rings. The van der Waals surface area contributed by atoms with Gasteiger partial charge in [0, 0.05) is 19.1 Å². The molecule has 1 saturated heterocycles. The SMILES string of the molecule is CCCCc1nc(C)c(C(=O)NC2CCN(C(=O)c3ccccc3F)CC2)s1. The van der Waals surface area contributed by atoms with Crippen LogP contribution in [0.2, 0.25) is 0 Å². The first-order valence-electron chi connectivity index (χ1n) is 9.80. The van der Waals surface area contributed by atoms with Gasteiger partial charge in [0.05, 0.1) is 16.3 Å². The van der Waals surface area contributed by atoms with Crippen molar-refractivity contribution in [3.8, 4) is 0 Å². The second-order valence-corrected chi connectivity index (χ2v) is 8.23. The lowest BCUT2D eigenvalue weighted by Crippen LogP contribution is -2.46. The molecular formula is C21H26FN3O2S. The molecule has 1 aromatic heterocycles. The van der Waals surface area contributed by atoms with Crippen LogP contribution in [0.15, 0.2) is 24.3 Å². The molecule has 0 radical (unpaired) electrons. The molecule has 0 saturated carbocycles. The van der Waals surface area contributed by atoms with E-state index in [9.17, 15) is 14.0 Å². The first-order valence-corrected chi connectivity index (χ1v) is 10.6. The minimum atomic E-state index is -0.498. The van der Waals surface area contributed by atoms with Crippen LogP contribution < -0.4 is 5.32 Å². The van der Waals surface area contributed by atoms with Crippen molar-refractivity contribution in [2.45, 2.75) is 52.0 Å². The lowest BCUT2D eigenvalue weighted by molar-refractivity contribution is 0.0694. The number of thiazole rings is 1. The van der Waals surface area contributed by atoms with Gasteiger partial charge in [0.25, 0.3) is 11.8 Å². The molecule has 7 heteroatoms. The molecule has 5 nitrogen and oxygen atoms in total. The van der Waals surface area contributed by atoms with Crippen molar-refractivity contribution >= 4 is 23.2 Å². The Balaban J connectivity index is 1.54. The zero-order valence-electron chi connectivity index (χ0n) is 16.3. The summed E-state index contributed by atoms with van der Waals surface area (Å²) in [5, 5.41) is 4.08. The predicted molar refractivity (Wildman–Crippen MR) is 108 cm³/mol. The number of halogens is 1. The van der Waals surface area contributed by atoms with Gasteiger partial charge in [0.2, 0.25) is 0 Å².